The van der Waals surface area contributed by atoms with Crippen molar-refractivity contribution in [2.24, 2.45) is 0 Å². The van der Waals surface area contributed by atoms with Gasteiger partial charge in [-0.05, 0) is 32.4 Å². The molecule has 2 heterocycles. The molecule has 0 unspecified atom stereocenters. The highest BCUT2D eigenvalue weighted by Gasteiger charge is 2.12. The van der Waals surface area contributed by atoms with Gasteiger partial charge < -0.3 is 10.1 Å². The highest BCUT2D eigenvalue weighted by molar-refractivity contribution is 5.48. The first kappa shape index (κ1) is 14.1. The van der Waals surface area contributed by atoms with Crippen LogP contribution in [0.25, 0.3) is 0 Å². The number of nitrogens with zero attached hydrogens (tertiary/aromatic N) is 3. The molecule has 1 fully saturated rings. The monoisotopic (exact) mass is 264 g/mol. The van der Waals surface area contributed by atoms with Crippen LogP contribution in [-0.4, -0.2) is 48.2 Å². The van der Waals surface area contributed by atoms with Crippen LogP contribution in [0.3, 0.4) is 0 Å². The van der Waals surface area contributed by atoms with Crippen molar-refractivity contribution in [3.63, 3.8) is 0 Å². The number of piperidine rings is 1. The molecule has 2 rings (SSSR count). The maximum atomic E-state index is 5.84. The Morgan fingerprint density at radius 3 is 2.74 bits per heavy atom. The molecule has 5 nitrogen and oxygen atoms in total. The summed E-state index contributed by atoms with van der Waals surface area (Å²) in [6, 6.07) is 0. The molecule has 0 spiro atoms. The SMILES string of the molecule is CCc1c(NC)ncnc1OCCN1CCCCC1. The van der Waals surface area contributed by atoms with Gasteiger partial charge in [0.2, 0.25) is 5.88 Å². The summed E-state index contributed by atoms with van der Waals surface area (Å²) in [6.45, 7) is 6.19. The van der Waals surface area contributed by atoms with Crippen molar-refractivity contribution < 1.29 is 4.74 Å². The van der Waals surface area contributed by atoms with Gasteiger partial charge in [-0.1, -0.05) is 13.3 Å². The number of aromatic nitrogens is 2. The highest BCUT2D eigenvalue weighted by Crippen LogP contribution is 2.21. The Hall–Kier alpha value is -1.36. The van der Waals surface area contributed by atoms with E-state index in [-0.39, 0.29) is 0 Å². The Kier molecular flexibility index (Phi) is 5.39. The zero-order valence-corrected chi connectivity index (χ0v) is 12.0. The Morgan fingerprint density at radius 1 is 1.26 bits per heavy atom. The molecule has 0 aliphatic carbocycles. The molecule has 1 aromatic heterocycles. The van der Waals surface area contributed by atoms with E-state index in [0.717, 1.165) is 30.2 Å². The summed E-state index contributed by atoms with van der Waals surface area (Å²) in [7, 11) is 1.87. The predicted molar refractivity (Wildman–Crippen MR) is 76.7 cm³/mol. The number of rotatable bonds is 6. The normalized spacial score (nSPS) is 16.3. The molecule has 106 valence electrons. The van der Waals surface area contributed by atoms with Crippen LogP contribution in [0.2, 0.25) is 0 Å². The fourth-order valence-corrected chi connectivity index (χ4v) is 2.51. The smallest absolute Gasteiger partial charge is 0.221 e. The van der Waals surface area contributed by atoms with Gasteiger partial charge in [0.25, 0.3) is 0 Å². The first-order valence-electron chi connectivity index (χ1n) is 7.22. The third-order valence-corrected chi connectivity index (χ3v) is 3.59. The van der Waals surface area contributed by atoms with Crippen LogP contribution < -0.4 is 10.1 Å². The zero-order valence-electron chi connectivity index (χ0n) is 12.0. The molecule has 5 heteroatoms. The van der Waals surface area contributed by atoms with Gasteiger partial charge in [0.15, 0.2) is 0 Å². The van der Waals surface area contributed by atoms with Crippen LogP contribution in [0.5, 0.6) is 5.88 Å². The minimum atomic E-state index is 0.702. The van der Waals surface area contributed by atoms with Crippen molar-refractivity contribution in [2.75, 3.05) is 38.6 Å². The minimum Gasteiger partial charge on any atom is -0.476 e. The molecule has 1 N–H and O–H groups in total. The number of nitrogens with one attached hydrogen (secondary N) is 1. The van der Waals surface area contributed by atoms with E-state index in [2.05, 4.69) is 27.1 Å². The molecular weight excluding hydrogens is 240 g/mol. The van der Waals surface area contributed by atoms with Gasteiger partial charge in [0.05, 0.1) is 5.56 Å². The standard InChI is InChI=1S/C14H24N4O/c1-3-12-13(15-2)16-11-17-14(12)19-10-9-18-7-5-4-6-8-18/h11H,3-10H2,1-2H3,(H,15,16,17). The molecule has 0 saturated carbocycles. The molecule has 0 bridgehead atoms. The van der Waals surface area contributed by atoms with E-state index in [1.54, 1.807) is 6.33 Å². The van der Waals surface area contributed by atoms with E-state index in [9.17, 15) is 0 Å². The summed E-state index contributed by atoms with van der Waals surface area (Å²) in [4.78, 5) is 10.9. The quantitative estimate of drug-likeness (QED) is 0.851. The van der Waals surface area contributed by atoms with Gasteiger partial charge in [0.1, 0.15) is 18.8 Å². The maximum absolute atomic E-state index is 5.84. The van der Waals surface area contributed by atoms with Crippen LogP contribution in [0.15, 0.2) is 6.33 Å². The fourth-order valence-electron chi connectivity index (χ4n) is 2.51. The van der Waals surface area contributed by atoms with Gasteiger partial charge in [0, 0.05) is 13.6 Å². The molecule has 1 aliphatic rings. The van der Waals surface area contributed by atoms with E-state index in [1.165, 1.54) is 32.4 Å². The van der Waals surface area contributed by atoms with Crippen molar-refractivity contribution in [1.82, 2.24) is 14.9 Å². The largest absolute Gasteiger partial charge is 0.476 e. The zero-order chi connectivity index (χ0) is 13.5. The first-order valence-corrected chi connectivity index (χ1v) is 7.22. The van der Waals surface area contributed by atoms with Gasteiger partial charge in [-0.3, -0.25) is 4.90 Å². The lowest BCUT2D eigenvalue weighted by Crippen LogP contribution is -2.33. The van der Waals surface area contributed by atoms with Crippen molar-refractivity contribution in [2.45, 2.75) is 32.6 Å². The summed E-state index contributed by atoms with van der Waals surface area (Å²) in [6.07, 6.45) is 6.43. The first-order chi connectivity index (χ1) is 9.35. The molecule has 0 radical (unpaired) electrons. The fraction of sp³-hybridized carbons (Fsp3) is 0.714. The Bertz CT molecular complexity index is 391. The lowest BCUT2D eigenvalue weighted by atomic mass is 10.1. The van der Waals surface area contributed by atoms with Gasteiger partial charge in [-0.25, -0.2) is 9.97 Å². The van der Waals surface area contributed by atoms with Crippen LogP contribution >= 0.6 is 0 Å². The third kappa shape index (κ3) is 3.80. The minimum absolute atomic E-state index is 0.702. The predicted octanol–water partition coefficient (Wildman–Crippen LogP) is 1.95. The van der Waals surface area contributed by atoms with Crippen molar-refractivity contribution in [3.05, 3.63) is 11.9 Å². The van der Waals surface area contributed by atoms with Gasteiger partial charge >= 0.3 is 0 Å². The molecule has 1 aromatic rings. The van der Waals surface area contributed by atoms with Crippen LogP contribution in [-0.2, 0) is 6.42 Å². The van der Waals surface area contributed by atoms with Crippen LogP contribution in [0, 0.1) is 0 Å². The van der Waals surface area contributed by atoms with E-state index in [1.807, 2.05) is 7.05 Å². The van der Waals surface area contributed by atoms with Crippen molar-refractivity contribution in [1.29, 1.82) is 0 Å². The molecule has 19 heavy (non-hydrogen) atoms. The molecule has 1 aliphatic heterocycles. The average molecular weight is 264 g/mol. The Labute approximate surface area is 115 Å². The second-order valence-corrected chi connectivity index (χ2v) is 4.86. The summed E-state index contributed by atoms with van der Waals surface area (Å²) >= 11 is 0. The molecule has 0 atom stereocenters. The molecule has 1 saturated heterocycles. The van der Waals surface area contributed by atoms with Crippen LogP contribution in [0.1, 0.15) is 31.7 Å². The lowest BCUT2D eigenvalue weighted by molar-refractivity contribution is 0.180. The third-order valence-electron chi connectivity index (χ3n) is 3.59. The van der Waals surface area contributed by atoms with Gasteiger partial charge in [-0.15, -0.1) is 0 Å². The number of ether oxygens (including phenoxy) is 1. The molecule has 0 aromatic carbocycles. The van der Waals surface area contributed by atoms with E-state index in [4.69, 9.17) is 4.74 Å². The van der Waals surface area contributed by atoms with E-state index in [0.29, 0.717) is 6.61 Å². The summed E-state index contributed by atoms with van der Waals surface area (Å²) < 4.78 is 5.84. The number of hydrogen-bond acceptors (Lipinski definition) is 5. The van der Waals surface area contributed by atoms with Crippen molar-refractivity contribution >= 4 is 5.82 Å². The molecular formula is C14H24N4O. The maximum Gasteiger partial charge on any atom is 0.221 e. The second-order valence-electron chi connectivity index (χ2n) is 4.86. The Balaban J connectivity index is 1.88. The molecule has 0 amide bonds. The summed E-state index contributed by atoms with van der Waals surface area (Å²) in [5, 5.41) is 3.09. The average Bonchev–Trinajstić information content (AvgIpc) is 2.48. The van der Waals surface area contributed by atoms with E-state index >= 15 is 0 Å². The number of hydrogen-bond donors (Lipinski definition) is 1. The number of likely N-dealkylation sites (tertiary alicyclic amines) is 1. The van der Waals surface area contributed by atoms with Crippen LogP contribution in [0.4, 0.5) is 5.82 Å². The summed E-state index contributed by atoms with van der Waals surface area (Å²) in [5.74, 6) is 1.59. The van der Waals surface area contributed by atoms with Crippen molar-refractivity contribution in [3.8, 4) is 5.88 Å². The highest BCUT2D eigenvalue weighted by atomic mass is 16.5. The summed E-state index contributed by atoms with van der Waals surface area (Å²) in [5.41, 5.74) is 1.06. The van der Waals surface area contributed by atoms with Gasteiger partial charge in [-0.2, -0.15) is 0 Å². The number of anilines is 1. The van der Waals surface area contributed by atoms with E-state index < -0.39 is 0 Å². The Morgan fingerprint density at radius 2 is 2.05 bits per heavy atom. The topological polar surface area (TPSA) is 50.3 Å². The second kappa shape index (κ2) is 7.28. The lowest BCUT2D eigenvalue weighted by Gasteiger charge is -2.26.